The van der Waals surface area contributed by atoms with Crippen LogP contribution in [-0.4, -0.2) is 112 Å². The van der Waals surface area contributed by atoms with Crippen molar-refractivity contribution < 1.29 is 33.6 Å². The summed E-state index contributed by atoms with van der Waals surface area (Å²) in [5, 5.41) is 32.8. The minimum atomic E-state index is -0.809. The first-order valence-electron chi connectivity index (χ1n) is 22.8. The van der Waals surface area contributed by atoms with Crippen molar-refractivity contribution in [1.82, 2.24) is 25.3 Å². The van der Waals surface area contributed by atoms with Crippen LogP contribution >= 0.6 is 23.1 Å². The minimum absolute atomic E-state index is 0.0693. The second-order valence-corrected chi connectivity index (χ2v) is 20.0. The largest absolute Gasteiger partial charge is 0.490 e. The van der Waals surface area contributed by atoms with Crippen molar-refractivity contribution in [3.63, 3.8) is 0 Å². The predicted molar refractivity (Wildman–Crippen MR) is 253 cm³/mol. The number of amides is 2. The molecule has 3 N–H and O–H groups in total. The lowest BCUT2D eigenvalue weighted by Crippen LogP contribution is -2.48. The van der Waals surface area contributed by atoms with Crippen LogP contribution in [0, 0.1) is 23.0 Å². The maximum absolute atomic E-state index is 14.3. The summed E-state index contributed by atoms with van der Waals surface area (Å²) < 4.78 is 18.3. The Morgan fingerprint density at radius 1 is 0.985 bits per heavy atom. The molecule has 348 valence electrons. The highest BCUT2D eigenvalue weighted by atomic mass is 32.2. The third-order valence-corrected chi connectivity index (χ3v) is 15.1. The summed E-state index contributed by atoms with van der Waals surface area (Å²) in [5.41, 5.74) is 6.70. The van der Waals surface area contributed by atoms with E-state index in [2.05, 4.69) is 30.6 Å². The zero-order valence-corrected chi connectivity index (χ0v) is 39.2. The lowest BCUT2D eigenvalue weighted by atomic mass is 9.91. The van der Waals surface area contributed by atoms with E-state index >= 15 is 0 Å². The molecule has 3 aliphatic heterocycles. The van der Waals surface area contributed by atoms with Gasteiger partial charge in [0.1, 0.15) is 23.8 Å². The number of nitro benzene ring substituents is 1. The Morgan fingerprint density at radius 2 is 1.73 bits per heavy atom. The number of rotatable bonds is 16. The van der Waals surface area contributed by atoms with Gasteiger partial charge in [0.05, 0.1) is 50.6 Å². The van der Waals surface area contributed by atoms with Gasteiger partial charge in [0.2, 0.25) is 11.8 Å². The Bertz CT molecular complexity index is 2540. The van der Waals surface area contributed by atoms with Crippen LogP contribution in [-0.2, 0) is 14.3 Å². The van der Waals surface area contributed by atoms with Crippen LogP contribution in [0.3, 0.4) is 0 Å². The molecule has 2 aromatic heterocycles. The number of anilines is 3. The van der Waals surface area contributed by atoms with E-state index in [-0.39, 0.29) is 59.6 Å². The number of benzene rings is 3. The van der Waals surface area contributed by atoms with E-state index in [4.69, 9.17) is 14.0 Å². The number of thiazole rings is 1. The highest BCUT2D eigenvalue weighted by molar-refractivity contribution is 7.99. The van der Waals surface area contributed by atoms with Gasteiger partial charge >= 0.3 is 0 Å². The van der Waals surface area contributed by atoms with E-state index in [0.29, 0.717) is 18.2 Å². The van der Waals surface area contributed by atoms with Crippen molar-refractivity contribution in [1.29, 1.82) is 0 Å². The second kappa shape index (κ2) is 19.7. The fourth-order valence-corrected chi connectivity index (χ4v) is 11.1. The number of nitrogens with zero attached hydrogens (tertiary/aromatic N) is 6. The molecule has 0 bridgehead atoms. The minimum Gasteiger partial charge on any atom is -0.490 e. The van der Waals surface area contributed by atoms with Gasteiger partial charge in [-0.2, -0.15) is 0 Å². The highest BCUT2D eigenvalue weighted by Crippen LogP contribution is 2.47. The van der Waals surface area contributed by atoms with Crippen LogP contribution in [0.2, 0.25) is 0 Å². The van der Waals surface area contributed by atoms with Gasteiger partial charge in [0, 0.05) is 93.1 Å². The van der Waals surface area contributed by atoms with Crippen LogP contribution in [0.5, 0.6) is 5.75 Å². The molecular weight excluding hydrogens is 881 g/mol. The lowest BCUT2D eigenvalue weighted by Gasteiger charge is -2.36. The number of ether oxygens (including phenoxy) is 2. The number of likely N-dealkylation sites (tertiary alicyclic amines) is 1. The first-order valence-corrected chi connectivity index (χ1v) is 24.4. The van der Waals surface area contributed by atoms with E-state index in [1.54, 1.807) is 23.5 Å². The summed E-state index contributed by atoms with van der Waals surface area (Å²) in [6, 6.07) is 19.6. The number of β-amino-alcohol motifs (C(OH)–C–C–N with tert-alkyl or cyclic N) is 1. The first kappa shape index (κ1) is 45.6. The number of carbonyl (C=O) groups excluding carboxylic acids is 2. The van der Waals surface area contributed by atoms with Crippen molar-refractivity contribution in [2.24, 2.45) is 5.92 Å². The van der Waals surface area contributed by atoms with E-state index in [1.807, 2.05) is 81.7 Å². The molecule has 1 aliphatic carbocycles. The van der Waals surface area contributed by atoms with Crippen molar-refractivity contribution in [3.05, 3.63) is 99.4 Å². The first-order chi connectivity index (χ1) is 31.9. The molecule has 16 nitrogen and oxygen atoms in total. The van der Waals surface area contributed by atoms with Gasteiger partial charge in [-0.15, -0.1) is 11.3 Å². The van der Waals surface area contributed by atoms with Gasteiger partial charge in [0.15, 0.2) is 11.6 Å². The van der Waals surface area contributed by atoms with Gasteiger partial charge in [-0.1, -0.05) is 55.0 Å². The summed E-state index contributed by atoms with van der Waals surface area (Å²) in [5.74, 6) is 0.566. The standard InChI is InChI=1S/C48H56N8O8S2/c1-28(2)45(48(59)55-26-34(57)21-40(55)47(58)50-29(3)31-6-8-32(9-7-31)46-30(4)49-27-65-46)41-25-44(52-64-41)54-17-15-53(16-18-54)14-5-19-62-36-22-37(23-36)63-35-11-13-39-43(24-35)66-42-20-33(56(60)61)10-12-38(42)51-39/h6-13,20,24-25,27-29,34,36-37,40,45,51,57H,5,14-19,21-23,26H2,1-4H3,(H,50,58)/t29-,34+,36?,37?,40-,45+/m0/s1. The molecule has 66 heavy (non-hydrogen) atoms. The Balaban J connectivity index is 0.699. The number of nitro groups is 1. The molecule has 9 rings (SSSR count). The molecule has 4 aliphatic rings. The molecule has 1 saturated carbocycles. The smallest absolute Gasteiger partial charge is 0.270 e. The zero-order chi connectivity index (χ0) is 46.1. The number of hydrogen-bond acceptors (Lipinski definition) is 15. The molecule has 5 aromatic rings. The predicted octanol–water partition coefficient (Wildman–Crippen LogP) is 7.94. The molecule has 3 fully saturated rings. The van der Waals surface area contributed by atoms with E-state index < -0.39 is 18.1 Å². The van der Waals surface area contributed by atoms with E-state index in [1.165, 1.54) is 22.7 Å². The number of fused-ring (bicyclic) bond motifs is 2. The number of non-ortho nitro benzene ring substituents is 1. The Labute approximate surface area is 392 Å². The molecule has 4 atom stereocenters. The molecule has 0 radical (unpaired) electrons. The number of aryl methyl sites for hydroxylation is 1. The SMILES string of the molecule is Cc1ncsc1-c1ccc([C@H](C)NC(=O)[C@@H]2C[C@@H](O)CN2C(=O)[C@@H](c2cc(N3CCN(CCCOC4CC(Oc5ccc6c(c5)Sc5cc([N+](=O)[O-])ccc5N6)C4)CC3)no2)C(C)C)cc1. The van der Waals surface area contributed by atoms with Crippen molar-refractivity contribution in [2.75, 3.05) is 56.1 Å². The van der Waals surface area contributed by atoms with Gasteiger partial charge < -0.3 is 39.5 Å². The maximum atomic E-state index is 14.3. The van der Waals surface area contributed by atoms with Crippen LogP contribution < -0.4 is 20.3 Å². The van der Waals surface area contributed by atoms with Crippen LogP contribution in [0.25, 0.3) is 10.4 Å². The maximum Gasteiger partial charge on any atom is 0.270 e. The molecule has 2 saturated heterocycles. The van der Waals surface area contributed by atoms with Crippen LogP contribution in [0.15, 0.2) is 86.6 Å². The summed E-state index contributed by atoms with van der Waals surface area (Å²) >= 11 is 3.09. The van der Waals surface area contributed by atoms with Gasteiger partial charge in [-0.05, 0) is 61.6 Å². The summed E-state index contributed by atoms with van der Waals surface area (Å²) in [4.78, 5) is 52.3. The van der Waals surface area contributed by atoms with E-state index in [9.17, 15) is 24.8 Å². The number of aliphatic hydroxyl groups excluding tert-OH is 1. The zero-order valence-electron chi connectivity index (χ0n) is 37.6. The third-order valence-electron chi connectivity index (χ3n) is 13.0. The summed E-state index contributed by atoms with van der Waals surface area (Å²) in [6.45, 7) is 12.8. The molecule has 0 unspecified atom stereocenters. The molecule has 18 heteroatoms. The van der Waals surface area contributed by atoms with Crippen LogP contribution in [0.4, 0.5) is 22.9 Å². The number of aliphatic hydroxyl groups is 1. The number of aromatic nitrogens is 2. The van der Waals surface area contributed by atoms with Gasteiger partial charge in [-0.25, -0.2) is 4.98 Å². The molecule has 5 heterocycles. The fourth-order valence-electron chi connectivity index (χ4n) is 9.21. The van der Waals surface area contributed by atoms with E-state index in [0.717, 1.165) is 101 Å². The van der Waals surface area contributed by atoms with Crippen LogP contribution in [0.1, 0.15) is 75.4 Å². The number of piperazine rings is 1. The third kappa shape index (κ3) is 10.1. The Kier molecular flexibility index (Phi) is 13.6. The molecule has 2 amide bonds. The topological polar surface area (TPSA) is 189 Å². The average Bonchev–Trinajstić information content (AvgIpc) is 4.06. The summed E-state index contributed by atoms with van der Waals surface area (Å²) in [7, 11) is 0. The Hall–Kier alpha value is -5.53. The molecular formula is C48H56N8O8S2. The number of carbonyl (C=O) groups is 2. The number of nitrogens with one attached hydrogen (secondary N) is 2. The molecule has 3 aromatic carbocycles. The van der Waals surface area contributed by atoms with Gasteiger partial charge in [-0.3, -0.25) is 24.6 Å². The molecule has 0 spiro atoms. The Morgan fingerprint density at radius 3 is 2.44 bits per heavy atom. The average molecular weight is 937 g/mol. The quantitative estimate of drug-likeness (QED) is 0.0482. The fraction of sp³-hybridized carbons (Fsp3) is 0.458. The lowest BCUT2D eigenvalue weighted by molar-refractivity contribution is -0.385. The highest BCUT2D eigenvalue weighted by Gasteiger charge is 2.44. The monoisotopic (exact) mass is 936 g/mol. The van der Waals surface area contributed by atoms with Crippen molar-refractivity contribution in [3.8, 4) is 16.2 Å². The summed E-state index contributed by atoms with van der Waals surface area (Å²) in [6.07, 6.45) is 2.20. The van der Waals surface area contributed by atoms with Gasteiger partial charge in [0.25, 0.3) is 5.69 Å². The second-order valence-electron chi connectivity index (χ2n) is 18.0. The van der Waals surface area contributed by atoms with Crippen molar-refractivity contribution in [2.45, 2.75) is 99.5 Å². The number of hydrogen-bond donors (Lipinski definition) is 3. The van der Waals surface area contributed by atoms with Crippen molar-refractivity contribution >= 4 is 57.8 Å². The normalized spacial score (nSPS) is 21.4.